The summed E-state index contributed by atoms with van der Waals surface area (Å²) in [4.78, 5) is 30.4. The van der Waals surface area contributed by atoms with Crippen molar-refractivity contribution >= 4 is 34.0 Å². The molecule has 4 rings (SSSR count). The maximum atomic E-state index is 12.8. The molecule has 2 heterocycles. The SMILES string of the molecule is CCCCC1CCC(C(=O)Nc2nc(-c3ccc4c(c3)NC(=O)[C@@H](C)O4)c(C)s2)CC1. The number of nitrogens with one attached hydrogen (secondary N) is 2. The lowest BCUT2D eigenvalue weighted by molar-refractivity contribution is -0.123. The average Bonchev–Trinajstić information content (AvgIpc) is 3.13. The lowest BCUT2D eigenvalue weighted by atomic mass is 9.79. The Balaban J connectivity index is 1.41. The van der Waals surface area contributed by atoms with E-state index in [1.165, 1.54) is 30.6 Å². The van der Waals surface area contributed by atoms with Crippen molar-refractivity contribution in [2.24, 2.45) is 11.8 Å². The number of unbranched alkanes of at least 4 members (excludes halogenated alkanes) is 1. The minimum absolute atomic E-state index is 0.0867. The third-order valence-corrected chi connectivity index (χ3v) is 7.28. The molecular formula is C24H31N3O3S. The molecule has 0 unspecified atom stereocenters. The molecule has 7 heteroatoms. The number of carbonyl (C=O) groups is 2. The van der Waals surface area contributed by atoms with Gasteiger partial charge in [0.15, 0.2) is 11.2 Å². The van der Waals surface area contributed by atoms with Gasteiger partial charge in [0.05, 0.1) is 11.4 Å². The number of hydrogen-bond acceptors (Lipinski definition) is 5. The molecule has 2 N–H and O–H groups in total. The van der Waals surface area contributed by atoms with Crippen molar-refractivity contribution in [3.8, 4) is 17.0 Å². The zero-order chi connectivity index (χ0) is 22.0. The Morgan fingerprint density at radius 3 is 2.81 bits per heavy atom. The third-order valence-electron chi connectivity index (χ3n) is 6.39. The number of thiazole rings is 1. The van der Waals surface area contributed by atoms with E-state index in [1.807, 2.05) is 25.1 Å². The van der Waals surface area contributed by atoms with Crippen LogP contribution in [0.15, 0.2) is 18.2 Å². The lowest BCUT2D eigenvalue weighted by Crippen LogP contribution is -2.34. The largest absolute Gasteiger partial charge is 0.479 e. The summed E-state index contributed by atoms with van der Waals surface area (Å²) in [5, 5.41) is 6.57. The molecule has 166 valence electrons. The Morgan fingerprint density at radius 1 is 1.29 bits per heavy atom. The predicted octanol–water partition coefficient (Wildman–Crippen LogP) is 5.77. The first-order valence-electron chi connectivity index (χ1n) is 11.3. The summed E-state index contributed by atoms with van der Waals surface area (Å²) in [5.74, 6) is 1.47. The van der Waals surface area contributed by atoms with Crippen LogP contribution in [0.3, 0.4) is 0 Å². The number of nitrogens with zero attached hydrogens (tertiary/aromatic N) is 1. The fraction of sp³-hybridized carbons (Fsp3) is 0.542. The first kappa shape index (κ1) is 21.8. The molecule has 0 bridgehead atoms. The topological polar surface area (TPSA) is 80.3 Å². The van der Waals surface area contributed by atoms with Crippen LogP contribution in [0.2, 0.25) is 0 Å². The second-order valence-electron chi connectivity index (χ2n) is 8.73. The quantitative estimate of drug-likeness (QED) is 0.596. The highest BCUT2D eigenvalue weighted by atomic mass is 32.1. The molecule has 1 aromatic heterocycles. The highest BCUT2D eigenvalue weighted by Gasteiger charge is 2.27. The smallest absolute Gasteiger partial charge is 0.265 e. The number of hydrogen-bond donors (Lipinski definition) is 2. The van der Waals surface area contributed by atoms with Gasteiger partial charge in [0.1, 0.15) is 5.75 Å². The minimum atomic E-state index is -0.497. The van der Waals surface area contributed by atoms with E-state index in [0.29, 0.717) is 16.6 Å². The van der Waals surface area contributed by atoms with Crippen LogP contribution in [0.5, 0.6) is 5.75 Å². The summed E-state index contributed by atoms with van der Waals surface area (Å²) in [6.45, 7) is 5.96. The summed E-state index contributed by atoms with van der Waals surface area (Å²) in [6.07, 6.45) is 7.59. The molecule has 1 saturated carbocycles. The van der Waals surface area contributed by atoms with E-state index >= 15 is 0 Å². The Hall–Kier alpha value is -2.41. The summed E-state index contributed by atoms with van der Waals surface area (Å²) in [7, 11) is 0. The van der Waals surface area contributed by atoms with Gasteiger partial charge in [0, 0.05) is 16.4 Å². The number of ether oxygens (including phenoxy) is 1. The zero-order valence-electron chi connectivity index (χ0n) is 18.5. The molecule has 0 spiro atoms. The Kier molecular flexibility index (Phi) is 6.60. The molecule has 1 atom stereocenters. The Labute approximate surface area is 187 Å². The fourth-order valence-electron chi connectivity index (χ4n) is 4.49. The zero-order valence-corrected chi connectivity index (χ0v) is 19.3. The summed E-state index contributed by atoms with van der Waals surface area (Å²) in [6, 6.07) is 5.67. The van der Waals surface area contributed by atoms with E-state index in [0.717, 1.165) is 47.7 Å². The van der Waals surface area contributed by atoms with Crippen molar-refractivity contribution in [1.29, 1.82) is 0 Å². The van der Waals surface area contributed by atoms with E-state index in [2.05, 4.69) is 22.5 Å². The highest BCUT2D eigenvalue weighted by Crippen LogP contribution is 2.38. The van der Waals surface area contributed by atoms with Crippen molar-refractivity contribution < 1.29 is 14.3 Å². The van der Waals surface area contributed by atoms with E-state index in [1.54, 1.807) is 6.92 Å². The molecule has 1 aliphatic carbocycles. The van der Waals surface area contributed by atoms with Crippen LogP contribution in [-0.2, 0) is 9.59 Å². The maximum Gasteiger partial charge on any atom is 0.265 e. The second-order valence-corrected chi connectivity index (χ2v) is 9.94. The molecule has 1 aromatic carbocycles. The summed E-state index contributed by atoms with van der Waals surface area (Å²) in [5.41, 5.74) is 2.36. The van der Waals surface area contributed by atoms with Crippen molar-refractivity contribution in [3.05, 3.63) is 23.1 Å². The normalized spacial score (nSPS) is 22.9. The predicted molar refractivity (Wildman–Crippen MR) is 125 cm³/mol. The first-order chi connectivity index (χ1) is 14.9. The number of benzene rings is 1. The number of fused-ring (bicyclic) bond motifs is 1. The summed E-state index contributed by atoms with van der Waals surface area (Å²) < 4.78 is 5.63. The first-order valence-corrected chi connectivity index (χ1v) is 12.2. The standard InChI is InChI=1S/C24H31N3O3S/c1-4-5-6-16-7-9-17(10-8-16)23(29)27-24-26-21(15(3)31-24)18-11-12-20-19(13-18)25-22(28)14(2)30-20/h11-14,16-17H,4-10H2,1-3H3,(H,25,28)(H,26,27,29)/t14-,16?,17?/m1/s1. The average molecular weight is 442 g/mol. The highest BCUT2D eigenvalue weighted by molar-refractivity contribution is 7.16. The van der Waals surface area contributed by atoms with E-state index < -0.39 is 6.10 Å². The molecule has 31 heavy (non-hydrogen) atoms. The maximum absolute atomic E-state index is 12.8. The van der Waals surface area contributed by atoms with Gasteiger partial charge in [-0.05, 0) is 63.6 Å². The van der Waals surface area contributed by atoms with Gasteiger partial charge in [-0.1, -0.05) is 26.2 Å². The molecule has 6 nitrogen and oxygen atoms in total. The number of carbonyl (C=O) groups excluding carboxylic acids is 2. The lowest BCUT2D eigenvalue weighted by Gasteiger charge is -2.27. The molecule has 2 amide bonds. The fourth-order valence-corrected chi connectivity index (χ4v) is 5.33. The van der Waals surface area contributed by atoms with Crippen molar-refractivity contribution in [2.45, 2.75) is 71.8 Å². The van der Waals surface area contributed by atoms with Gasteiger partial charge in [-0.2, -0.15) is 0 Å². The van der Waals surface area contributed by atoms with E-state index in [9.17, 15) is 9.59 Å². The van der Waals surface area contributed by atoms with Crippen LogP contribution in [0.25, 0.3) is 11.3 Å². The summed E-state index contributed by atoms with van der Waals surface area (Å²) >= 11 is 1.49. The van der Waals surface area contributed by atoms with Crippen LogP contribution in [0.4, 0.5) is 10.8 Å². The number of amides is 2. The molecule has 2 aromatic rings. The van der Waals surface area contributed by atoms with Crippen LogP contribution in [-0.4, -0.2) is 22.9 Å². The monoisotopic (exact) mass is 441 g/mol. The van der Waals surface area contributed by atoms with Gasteiger partial charge in [-0.25, -0.2) is 4.98 Å². The van der Waals surface area contributed by atoms with Crippen LogP contribution >= 0.6 is 11.3 Å². The van der Waals surface area contributed by atoms with Crippen LogP contribution < -0.4 is 15.4 Å². The number of rotatable bonds is 6. The molecule has 1 fully saturated rings. The van der Waals surface area contributed by atoms with Gasteiger partial charge >= 0.3 is 0 Å². The molecule has 2 aliphatic rings. The van der Waals surface area contributed by atoms with Gasteiger partial charge in [-0.3, -0.25) is 9.59 Å². The Bertz CT molecular complexity index is 963. The minimum Gasteiger partial charge on any atom is -0.479 e. The van der Waals surface area contributed by atoms with Crippen LogP contribution in [0, 0.1) is 18.8 Å². The van der Waals surface area contributed by atoms with Crippen LogP contribution in [0.1, 0.15) is 63.7 Å². The van der Waals surface area contributed by atoms with Gasteiger partial charge < -0.3 is 15.4 Å². The van der Waals surface area contributed by atoms with E-state index in [4.69, 9.17) is 4.74 Å². The van der Waals surface area contributed by atoms with E-state index in [-0.39, 0.29) is 17.7 Å². The van der Waals surface area contributed by atoms with Gasteiger partial charge in [0.25, 0.3) is 5.91 Å². The Morgan fingerprint density at radius 2 is 2.06 bits per heavy atom. The van der Waals surface area contributed by atoms with Crippen molar-refractivity contribution in [2.75, 3.05) is 10.6 Å². The third kappa shape index (κ3) is 4.92. The van der Waals surface area contributed by atoms with Crippen molar-refractivity contribution in [3.63, 3.8) is 0 Å². The second kappa shape index (κ2) is 9.39. The molecule has 0 radical (unpaired) electrons. The van der Waals surface area contributed by atoms with Gasteiger partial charge in [0.2, 0.25) is 5.91 Å². The number of aryl methyl sites for hydroxylation is 1. The number of anilines is 2. The van der Waals surface area contributed by atoms with Gasteiger partial charge in [-0.15, -0.1) is 11.3 Å². The number of aromatic nitrogens is 1. The molecule has 1 aliphatic heterocycles. The van der Waals surface area contributed by atoms with Crippen molar-refractivity contribution in [1.82, 2.24) is 4.98 Å². The molecular weight excluding hydrogens is 410 g/mol. The molecule has 0 saturated heterocycles.